The summed E-state index contributed by atoms with van der Waals surface area (Å²) in [5, 5.41) is 25.5. The summed E-state index contributed by atoms with van der Waals surface area (Å²) in [5.74, 6) is 0. The van der Waals surface area contributed by atoms with Crippen molar-refractivity contribution in [3.63, 3.8) is 0 Å². The van der Waals surface area contributed by atoms with Crippen LogP contribution in [0, 0.1) is 0 Å². The summed E-state index contributed by atoms with van der Waals surface area (Å²) in [4.78, 5) is 1.79. The van der Waals surface area contributed by atoms with Gasteiger partial charge in [0.25, 0.3) is 0 Å². The predicted octanol–water partition coefficient (Wildman–Crippen LogP) is -2.40. The molecule has 0 heterocycles. The average Bonchev–Trinajstić information content (AvgIpc) is 1.90. The Morgan fingerprint density at radius 1 is 0.750 bits per heavy atom. The normalized spacial score (nSPS) is 9.00. The Hall–Kier alpha value is -0.240. The first-order valence-electron chi connectivity index (χ1n) is 3.40. The van der Waals surface area contributed by atoms with Crippen LogP contribution in [0.15, 0.2) is 0 Å². The highest BCUT2D eigenvalue weighted by Crippen LogP contribution is 1.84. The van der Waals surface area contributed by atoms with E-state index < -0.39 is 0 Å². The van der Waals surface area contributed by atoms with E-state index in [-0.39, 0.29) is 31.4 Å². The van der Waals surface area contributed by atoms with Crippen molar-refractivity contribution >= 4 is 0 Å². The van der Waals surface area contributed by atoms with Crippen molar-refractivity contribution in [3.05, 3.63) is 0 Å². The molecule has 0 aromatic heterocycles. The molecule has 12 heavy (non-hydrogen) atoms. The molecule has 8 N–H and O–H groups in total. The lowest BCUT2D eigenvalue weighted by molar-refractivity contribution is 0.136. The second kappa shape index (κ2) is 13.4. The fourth-order valence-corrected chi connectivity index (χ4v) is 0.760. The van der Waals surface area contributed by atoms with Crippen LogP contribution in [-0.2, 0) is 0 Å². The van der Waals surface area contributed by atoms with E-state index in [1.807, 2.05) is 0 Å². The monoisotopic (exact) mass is 184 g/mol. The first kappa shape index (κ1) is 17.7. The summed E-state index contributed by atoms with van der Waals surface area (Å²) < 4.78 is 0. The van der Waals surface area contributed by atoms with Crippen LogP contribution < -0.4 is 6.15 Å². The van der Waals surface area contributed by atoms with E-state index in [0.717, 1.165) is 0 Å². The lowest BCUT2D eigenvalue weighted by Crippen LogP contribution is -2.32. The van der Waals surface area contributed by atoms with E-state index in [2.05, 4.69) is 0 Å². The molecule has 0 aromatic rings. The highest BCUT2D eigenvalue weighted by atomic mass is 16.3. The van der Waals surface area contributed by atoms with Gasteiger partial charge in [0, 0.05) is 19.6 Å². The van der Waals surface area contributed by atoms with Gasteiger partial charge in [-0.25, -0.2) is 0 Å². The topological polar surface area (TPSA) is 130 Å². The molecular weight excluding hydrogens is 164 g/mol. The Balaban J connectivity index is -0.000000405. The Kier molecular flexibility index (Phi) is 19.7. The van der Waals surface area contributed by atoms with Gasteiger partial charge < -0.3 is 26.9 Å². The van der Waals surface area contributed by atoms with E-state index in [0.29, 0.717) is 19.6 Å². The Morgan fingerprint density at radius 2 is 1.00 bits per heavy atom. The molecule has 0 saturated carbocycles. The van der Waals surface area contributed by atoms with Gasteiger partial charge in [0.1, 0.15) is 0 Å². The third-order valence-electron chi connectivity index (χ3n) is 1.25. The molecule has 0 aliphatic heterocycles. The standard InChI is InChI=1S/C6H15NO3.H3N.H2O/c8-4-1-7(2-5-9)3-6-10;;/h8-10H,1-6H2;1H3;1H2. The van der Waals surface area contributed by atoms with Crippen LogP contribution in [0.2, 0.25) is 0 Å². The van der Waals surface area contributed by atoms with Crippen LogP contribution in [0.5, 0.6) is 0 Å². The first-order chi connectivity index (χ1) is 4.85. The maximum atomic E-state index is 8.48. The van der Waals surface area contributed by atoms with E-state index >= 15 is 0 Å². The van der Waals surface area contributed by atoms with Crippen molar-refractivity contribution in [1.82, 2.24) is 11.1 Å². The molecule has 0 aliphatic rings. The first-order valence-corrected chi connectivity index (χ1v) is 3.40. The zero-order chi connectivity index (χ0) is 7.82. The van der Waals surface area contributed by atoms with Crippen molar-refractivity contribution in [1.29, 1.82) is 0 Å². The lowest BCUT2D eigenvalue weighted by Gasteiger charge is -2.17. The summed E-state index contributed by atoms with van der Waals surface area (Å²) in [5.41, 5.74) is 0. The van der Waals surface area contributed by atoms with Gasteiger partial charge >= 0.3 is 0 Å². The molecule has 0 saturated heterocycles. The third-order valence-corrected chi connectivity index (χ3v) is 1.25. The number of aliphatic hydroxyl groups excluding tert-OH is 3. The minimum atomic E-state index is 0. The van der Waals surface area contributed by atoms with Crippen molar-refractivity contribution in [2.24, 2.45) is 0 Å². The van der Waals surface area contributed by atoms with Crippen LogP contribution in [0.3, 0.4) is 0 Å². The summed E-state index contributed by atoms with van der Waals surface area (Å²) in [6, 6.07) is 0. The zero-order valence-corrected chi connectivity index (χ0v) is 7.24. The molecule has 0 fully saturated rings. The quantitative estimate of drug-likeness (QED) is 0.365. The lowest BCUT2D eigenvalue weighted by atomic mass is 10.4. The molecule has 0 aromatic carbocycles. The van der Waals surface area contributed by atoms with E-state index in [1.165, 1.54) is 0 Å². The third kappa shape index (κ3) is 9.76. The maximum absolute atomic E-state index is 8.48. The number of aliphatic hydroxyl groups is 3. The Morgan fingerprint density at radius 3 is 1.17 bits per heavy atom. The number of rotatable bonds is 6. The predicted molar refractivity (Wildman–Crippen MR) is 46.3 cm³/mol. The number of hydrogen-bond acceptors (Lipinski definition) is 5. The number of nitrogens with zero attached hydrogens (tertiary/aromatic N) is 1. The molecule has 0 atom stereocenters. The van der Waals surface area contributed by atoms with E-state index in [1.54, 1.807) is 4.90 Å². The van der Waals surface area contributed by atoms with Crippen LogP contribution >= 0.6 is 0 Å². The molecule has 78 valence electrons. The summed E-state index contributed by atoms with van der Waals surface area (Å²) in [6.07, 6.45) is 0. The maximum Gasteiger partial charge on any atom is 0.0558 e. The molecule has 0 unspecified atom stereocenters. The molecule has 0 spiro atoms. The minimum Gasteiger partial charge on any atom is -0.412 e. The highest BCUT2D eigenvalue weighted by Gasteiger charge is 2.00. The highest BCUT2D eigenvalue weighted by molar-refractivity contribution is 4.54. The Labute approximate surface area is 72.3 Å². The van der Waals surface area contributed by atoms with Crippen molar-refractivity contribution in [3.8, 4) is 0 Å². The van der Waals surface area contributed by atoms with Gasteiger partial charge in [-0.3, -0.25) is 4.90 Å². The molecule has 6 nitrogen and oxygen atoms in total. The SMILES string of the molecule is N.O.OCCN(CCO)CCO. The summed E-state index contributed by atoms with van der Waals surface area (Å²) in [7, 11) is 0. The van der Waals surface area contributed by atoms with Gasteiger partial charge in [-0.05, 0) is 0 Å². The molecule has 0 rings (SSSR count). The zero-order valence-electron chi connectivity index (χ0n) is 7.24. The molecule has 6 heteroatoms. The minimum absolute atomic E-state index is 0. The van der Waals surface area contributed by atoms with Crippen LogP contribution in [0.1, 0.15) is 0 Å². The van der Waals surface area contributed by atoms with Crippen molar-refractivity contribution < 1.29 is 20.8 Å². The van der Waals surface area contributed by atoms with Gasteiger partial charge in [0.15, 0.2) is 0 Å². The molecule has 0 amide bonds. The van der Waals surface area contributed by atoms with Crippen LogP contribution in [0.4, 0.5) is 0 Å². The fraction of sp³-hybridized carbons (Fsp3) is 1.00. The van der Waals surface area contributed by atoms with Gasteiger partial charge in [-0.2, -0.15) is 0 Å². The smallest absolute Gasteiger partial charge is 0.0558 e. The second-order valence-electron chi connectivity index (χ2n) is 2.01. The molecule has 0 aliphatic carbocycles. The van der Waals surface area contributed by atoms with Crippen molar-refractivity contribution in [2.45, 2.75) is 0 Å². The average molecular weight is 184 g/mol. The fourth-order valence-electron chi connectivity index (χ4n) is 0.760. The largest absolute Gasteiger partial charge is 0.412 e. The van der Waals surface area contributed by atoms with E-state index in [9.17, 15) is 0 Å². The second-order valence-corrected chi connectivity index (χ2v) is 2.01. The van der Waals surface area contributed by atoms with Gasteiger partial charge in [-0.1, -0.05) is 0 Å². The molecular formula is C6H20N2O4. The summed E-state index contributed by atoms with van der Waals surface area (Å²) in [6.45, 7) is 1.75. The van der Waals surface area contributed by atoms with Crippen LogP contribution in [0.25, 0.3) is 0 Å². The van der Waals surface area contributed by atoms with Crippen molar-refractivity contribution in [2.75, 3.05) is 39.5 Å². The Bertz CT molecular complexity index is 60.3. The van der Waals surface area contributed by atoms with E-state index in [4.69, 9.17) is 15.3 Å². The van der Waals surface area contributed by atoms with Crippen LogP contribution in [-0.4, -0.2) is 65.2 Å². The molecule has 0 radical (unpaired) electrons. The van der Waals surface area contributed by atoms with Gasteiger partial charge in [0.05, 0.1) is 19.8 Å². The molecule has 0 bridgehead atoms. The van der Waals surface area contributed by atoms with Gasteiger partial charge in [0.2, 0.25) is 0 Å². The van der Waals surface area contributed by atoms with Gasteiger partial charge in [-0.15, -0.1) is 0 Å². The summed E-state index contributed by atoms with van der Waals surface area (Å²) >= 11 is 0. The number of hydrogen-bond donors (Lipinski definition) is 4.